The zero-order chi connectivity index (χ0) is 23.8. The van der Waals surface area contributed by atoms with E-state index in [1.54, 1.807) is 18.2 Å². The monoisotopic (exact) mass is 464 g/mol. The van der Waals surface area contributed by atoms with Gasteiger partial charge in [-0.15, -0.1) is 0 Å². The number of nitrogens with zero attached hydrogens (tertiary/aromatic N) is 3. The SMILES string of the molecule is N#CC1(C(F)(F)F)CCN(CCOc2ccc3c(c2)CN(C2CCC(=O)NC2=O)C3=O)CC1. The predicted octanol–water partition coefficient (Wildman–Crippen LogP) is 1.99. The van der Waals surface area contributed by atoms with E-state index >= 15 is 0 Å². The van der Waals surface area contributed by atoms with Crippen molar-refractivity contribution in [2.75, 3.05) is 26.2 Å². The molecule has 4 rings (SSSR count). The molecule has 1 unspecified atom stereocenters. The van der Waals surface area contributed by atoms with Gasteiger partial charge in [-0.05, 0) is 43.0 Å². The normalized spacial score (nSPS) is 23.2. The average molecular weight is 464 g/mol. The molecule has 2 saturated heterocycles. The number of benzene rings is 1. The number of carbonyl (C=O) groups is 3. The molecule has 0 saturated carbocycles. The lowest BCUT2D eigenvalue weighted by Crippen LogP contribution is -2.52. The van der Waals surface area contributed by atoms with E-state index in [9.17, 15) is 27.6 Å². The van der Waals surface area contributed by atoms with Gasteiger partial charge in [-0.25, -0.2) is 0 Å². The number of fused-ring (bicyclic) bond motifs is 1. The fourth-order valence-corrected chi connectivity index (χ4v) is 4.55. The Balaban J connectivity index is 1.30. The fraction of sp³-hybridized carbons (Fsp3) is 0.545. The van der Waals surface area contributed by atoms with Crippen molar-refractivity contribution < 1.29 is 32.3 Å². The largest absolute Gasteiger partial charge is 0.492 e. The summed E-state index contributed by atoms with van der Waals surface area (Å²) in [5.41, 5.74) is -1.09. The van der Waals surface area contributed by atoms with Gasteiger partial charge < -0.3 is 9.64 Å². The molecule has 1 aromatic rings. The minimum Gasteiger partial charge on any atom is -0.492 e. The van der Waals surface area contributed by atoms with Crippen molar-refractivity contribution >= 4 is 17.7 Å². The number of piperidine rings is 2. The second-order valence-electron chi connectivity index (χ2n) is 8.60. The zero-order valence-corrected chi connectivity index (χ0v) is 17.8. The molecule has 0 bridgehead atoms. The molecular formula is C22H23F3N4O4. The van der Waals surface area contributed by atoms with Gasteiger partial charge in [0, 0.05) is 38.2 Å². The van der Waals surface area contributed by atoms with Crippen LogP contribution in [0.15, 0.2) is 18.2 Å². The molecule has 8 nitrogen and oxygen atoms in total. The van der Waals surface area contributed by atoms with Crippen LogP contribution in [0.2, 0.25) is 0 Å². The molecule has 3 heterocycles. The van der Waals surface area contributed by atoms with Crippen LogP contribution in [0.5, 0.6) is 5.75 Å². The summed E-state index contributed by atoms with van der Waals surface area (Å²) in [6.07, 6.45) is -4.59. The Kier molecular flexibility index (Phi) is 6.05. The predicted molar refractivity (Wildman–Crippen MR) is 108 cm³/mol. The molecule has 1 aromatic carbocycles. The summed E-state index contributed by atoms with van der Waals surface area (Å²) in [4.78, 5) is 39.5. The third kappa shape index (κ3) is 4.39. The van der Waals surface area contributed by atoms with Crippen molar-refractivity contribution in [2.24, 2.45) is 5.41 Å². The van der Waals surface area contributed by atoms with E-state index in [1.807, 2.05) is 4.90 Å². The molecule has 0 radical (unpaired) electrons. The molecule has 11 heteroatoms. The van der Waals surface area contributed by atoms with Gasteiger partial charge in [0.2, 0.25) is 11.8 Å². The summed E-state index contributed by atoms with van der Waals surface area (Å²) >= 11 is 0. The number of carbonyl (C=O) groups excluding carboxylic acids is 3. The minimum atomic E-state index is -4.53. The molecular weight excluding hydrogens is 441 g/mol. The van der Waals surface area contributed by atoms with Crippen molar-refractivity contribution in [3.8, 4) is 11.8 Å². The molecule has 1 atom stereocenters. The first kappa shape index (κ1) is 23.0. The highest BCUT2D eigenvalue weighted by Gasteiger charge is 2.56. The van der Waals surface area contributed by atoms with E-state index < -0.39 is 23.5 Å². The molecule has 0 aromatic heterocycles. The number of hydrogen-bond acceptors (Lipinski definition) is 6. The first-order chi connectivity index (χ1) is 15.6. The molecule has 0 aliphatic carbocycles. The number of rotatable bonds is 5. The molecule has 1 N–H and O–H groups in total. The zero-order valence-electron chi connectivity index (χ0n) is 17.8. The maximum atomic E-state index is 13.2. The Bertz CT molecular complexity index is 1010. The molecule has 33 heavy (non-hydrogen) atoms. The number of likely N-dealkylation sites (tertiary alicyclic amines) is 1. The van der Waals surface area contributed by atoms with E-state index in [0.29, 0.717) is 23.4 Å². The Morgan fingerprint density at radius 3 is 2.58 bits per heavy atom. The van der Waals surface area contributed by atoms with Gasteiger partial charge in [0.05, 0.1) is 6.07 Å². The second kappa shape index (κ2) is 8.67. The van der Waals surface area contributed by atoms with E-state index in [2.05, 4.69) is 5.32 Å². The van der Waals surface area contributed by atoms with Crippen LogP contribution in [0, 0.1) is 16.7 Å². The number of ether oxygens (including phenoxy) is 1. The lowest BCUT2D eigenvalue weighted by atomic mass is 9.79. The fourth-order valence-electron chi connectivity index (χ4n) is 4.55. The number of amides is 3. The third-order valence-electron chi connectivity index (χ3n) is 6.64. The third-order valence-corrected chi connectivity index (χ3v) is 6.64. The first-order valence-corrected chi connectivity index (χ1v) is 10.7. The van der Waals surface area contributed by atoms with Gasteiger partial charge in [0.15, 0.2) is 5.41 Å². The highest BCUT2D eigenvalue weighted by atomic mass is 19.4. The van der Waals surface area contributed by atoms with E-state index in [-0.39, 0.29) is 63.7 Å². The number of hydrogen-bond donors (Lipinski definition) is 1. The number of halogens is 3. The summed E-state index contributed by atoms with van der Waals surface area (Å²) in [7, 11) is 0. The van der Waals surface area contributed by atoms with Crippen LogP contribution < -0.4 is 10.1 Å². The smallest absolute Gasteiger partial charge is 0.407 e. The lowest BCUT2D eigenvalue weighted by molar-refractivity contribution is -0.215. The second-order valence-corrected chi connectivity index (χ2v) is 8.60. The number of nitrogens with one attached hydrogen (secondary N) is 1. The van der Waals surface area contributed by atoms with Crippen LogP contribution in [0.3, 0.4) is 0 Å². The Labute approximate surface area is 188 Å². The summed E-state index contributed by atoms with van der Waals surface area (Å²) in [6.45, 7) is 1.22. The van der Waals surface area contributed by atoms with Crippen LogP contribution in [-0.4, -0.2) is 66.0 Å². The van der Waals surface area contributed by atoms with Crippen LogP contribution in [0.1, 0.15) is 41.6 Å². The van der Waals surface area contributed by atoms with Gasteiger partial charge >= 0.3 is 6.18 Å². The van der Waals surface area contributed by atoms with Crippen molar-refractivity contribution in [3.05, 3.63) is 29.3 Å². The van der Waals surface area contributed by atoms with E-state index in [1.165, 1.54) is 11.0 Å². The number of imide groups is 1. The van der Waals surface area contributed by atoms with Gasteiger partial charge in [0.1, 0.15) is 18.4 Å². The summed E-state index contributed by atoms with van der Waals surface area (Å²) in [5, 5.41) is 11.3. The van der Waals surface area contributed by atoms with Crippen LogP contribution >= 0.6 is 0 Å². The maximum absolute atomic E-state index is 13.2. The van der Waals surface area contributed by atoms with Gasteiger partial charge in [-0.1, -0.05) is 0 Å². The summed E-state index contributed by atoms with van der Waals surface area (Å²) in [6, 6.07) is 5.77. The van der Waals surface area contributed by atoms with Crippen LogP contribution in [0.4, 0.5) is 13.2 Å². The van der Waals surface area contributed by atoms with Crippen LogP contribution in [0.25, 0.3) is 0 Å². The van der Waals surface area contributed by atoms with Crippen molar-refractivity contribution in [3.63, 3.8) is 0 Å². The van der Waals surface area contributed by atoms with E-state index in [4.69, 9.17) is 10.00 Å². The lowest BCUT2D eigenvalue weighted by Gasteiger charge is -2.38. The first-order valence-electron chi connectivity index (χ1n) is 10.7. The molecule has 3 amide bonds. The summed E-state index contributed by atoms with van der Waals surface area (Å²) < 4.78 is 45.3. The quantitative estimate of drug-likeness (QED) is 0.669. The van der Waals surface area contributed by atoms with Gasteiger partial charge in [-0.2, -0.15) is 18.4 Å². The Morgan fingerprint density at radius 2 is 1.94 bits per heavy atom. The molecule has 3 aliphatic rings. The highest BCUT2D eigenvalue weighted by molar-refractivity contribution is 6.05. The molecule has 2 fully saturated rings. The van der Waals surface area contributed by atoms with Crippen molar-refractivity contribution in [1.82, 2.24) is 15.1 Å². The van der Waals surface area contributed by atoms with Crippen molar-refractivity contribution in [2.45, 2.75) is 44.4 Å². The topological polar surface area (TPSA) is 103 Å². The Hall–Kier alpha value is -3.13. The highest BCUT2D eigenvalue weighted by Crippen LogP contribution is 2.45. The summed E-state index contributed by atoms with van der Waals surface area (Å²) in [5.74, 6) is -0.576. The van der Waals surface area contributed by atoms with Gasteiger partial charge in [-0.3, -0.25) is 24.6 Å². The average Bonchev–Trinajstić information content (AvgIpc) is 3.09. The van der Waals surface area contributed by atoms with Gasteiger partial charge in [0.25, 0.3) is 5.91 Å². The molecule has 3 aliphatic heterocycles. The molecule has 0 spiro atoms. The van der Waals surface area contributed by atoms with E-state index in [0.717, 1.165) is 0 Å². The van der Waals surface area contributed by atoms with Crippen molar-refractivity contribution in [1.29, 1.82) is 5.26 Å². The van der Waals surface area contributed by atoms with Crippen LogP contribution in [-0.2, 0) is 16.1 Å². The Morgan fingerprint density at radius 1 is 1.21 bits per heavy atom. The minimum absolute atomic E-state index is 0.163. The number of nitriles is 1. The number of alkyl halides is 3. The maximum Gasteiger partial charge on any atom is 0.407 e. The molecule has 176 valence electrons. The standard InChI is InChI=1S/C22H23F3N4O4/c23-22(24,25)21(13-26)5-7-28(8-6-21)9-10-33-15-1-2-16-14(11-15)12-29(20(16)32)17-3-4-18(30)27-19(17)31/h1-2,11,17H,3-10,12H2,(H,27,30,31).